The number of carbonyl (C=O) groups excluding carboxylic acids is 1. The molecule has 2 rings (SSSR count). The fraction of sp³-hybridized carbons (Fsp3) is 0.312. The van der Waals surface area contributed by atoms with Crippen molar-refractivity contribution in [2.75, 3.05) is 26.0 Å². The number of anilines is 1. The molecule has 1 aromatic carbocycles. The molecule has 1 N–H and O–H groups in total. The van der Waals surface area contributed by atoms with E-state index < -0.39 is 6.10 Å². The second-order valence-electron chi connectivity index (χ2n) is 5.29. The molecule has 0 saturated heterocycles. The first-order valence-electron chi connectivity index (χ1n) is 6.95. The average molecular weight is 300 g/mol. The van der Waals surface area contributed by atoms with Gasteiger partial charge in [0.25, 0.3) is 5.91 Å². The highest BCUT2D eigenvalue weighted by Crippen LogP contribution is 2.16. The number of benzene rings is 1. The summed E-state index contributed by atoms with van der Waals surface area (Å²) in [7, 11) is 5.37. The van der Waals surface area contributed by atoms with Crippen LogP contribution in [0.15, 0.2) is 42.7 Å². The first kappa shape index (κ1) is 15.9. The zero-order valence-electron chi connectivity index (χ0n) is 13.0. The topological polar surface area (TPSA) is 69.6 Å². The molecule has 0 saturated carbocycles. The second kappa shape index (κ2) is 7.00. The Morgan fingerprint density at radius 3 is 2.27 bits per heavy atom. The standard InChI is InChI=1S/C16H20N4O2/c1-19(2)16-17-9-12(10-18-16)11-20(3)15(22)14(21)13-7-5-4-6-8-13/h4-10,14,21H,11H2,1-3H3. The Labute approximate surface area is 130 Å². The van der Waals surface area contributed by atoms with E-state index in [0.29, 0.717) is 18.1 Å². The van der Waals surface area contributed by atoms with Gasteiger partial charge in [-0.3, -0.25) is 4.79 Å². The average Bonchev–Trinajstić information content (AvgIpc) is 2.54. The molecule has 1 amide bonds. The van der Waals surface area contributed by atoms with Gasteiger partial charge in [-0.05, 0) is 5.56 Å². The third-order valence-corrected chi connectivity index (χ3v) is 3.24. The highest BCUT2D eigenvalue weighted by molar-refractivity contribution is 5.81. The summed E-state index contributed by atoms with van der Waals surface area (Å²) in [5.74, 6) is 0.255. The molecule has 0 spiro atoms. The highest BCUT2D eigenvalue weighted by Gasteiger charge is 2.21. The third-order valence-electron chi connectivity index (χ3n) is 3.24. The molecule has 2 aromatic rings. The van der Waals surface area contributed by atoms with Crippen molar-refractivity contribution in [3.8, 4) is 0 Å². The lowest BCUT2D eigenvalue weighted by Crippen LogP contribution is -2.31. The van der Waals surface area contributed by atoms with Gasteiger partial charge < -0.3 is 14.9 Å². The Bertz CT molecular complexity index is 614. The Balaban J connectivity index is 2.02. The molecule has 22 heavy (non-hydrogen) atoms. The fourth-order valence-corrected chi connectivity index (χ4v) is 2.00. The molecule has 1 unspecified atom stereocenters. The van der Waals surface area contributed by atoms with Gasteiger partial charge in [0.1, 0.15) is 0 Å². The maximum absolute atomic E-state index is 12.2. The highest BCUT2D eigenvalue weighted by atomic mass is 16.3. The van der Waals surface area contributed by atoms with Crippen molar-refractivity contribution in [2.24, 2.45) is 0 Å². The predicted octanol–water partition coefficient (Wildman–Crippen LogP) is 1.23. The van der Waals surface area contributed by atoms with Gasteiger partial charge in [-0.2, -0.15) is 0 Å². The van der Waals surface area contributed by atoms with Crippen molar-refractivity contribution in [2.45, 2.75) is 12.6 Å². The molecular formula is C16H20N4O2. The summed E-state index contributed by atoms with van der Waals surface area (Å²) in [5, 5.41) is 10.1. The van der Waals surface area contributed by atoms with Crippen LogP contribution in [0, 0.1) is 0 Å². The lowest BCUT2D eigenvalue weighted by Gasteiger charge is -2.21. The number of nitrogens with zero attached hydrogens (tertiary/aromatic N) is 4. The number of amides is 1. The van der Waals surface area contributed by atoms with Crippen LogP contribution in [-0.2, 0) is 11.3 Å². The predicted molar refractivity (Wildman–Crippen MR) is 84.2 cm³/mol. The van der Waals surface area contributed by atoms with E-state index in [9.17, 15) is 9.90 Å². The molecule has 1 atom stereocenters. The van der Waals surface area contributed by atoms with E-state index in [1.54, 1.807) is 48.6 Å². The van der Waals surface area contributed by atoms with Crippen LogP contribution in [0.3, 0.4) is 0 Å². The molecule has 0 aliphatic heterocycles. The van der Waals surface area contributed by atoms with Crippen molar-refractivity contribution in [3.05, 3.63) is 53.9 Å². The van der Waals surface area contributed by atoms with E-state index in [-0.39, 0.29) is 5.91 Å². The minimum Gasteiger partial charge on any atom is -0.378 e. The van der Waals surface area contributed by atoms with Gasteiger partial charge in [0.2, 0.25) is 5.95 Å². The molecule has 6 nitrogen and oxygen atoms in total. The van der Waals surface area contributed by atoms with Crippen LogP contribution in [0.25, 0.3) is 0 Å². The monoisotopic (exact) mass is 300 g/mol. The minimum atomic E-state index is -1.16. The van der Waals surface area contributed by atoms with Gasteiger partial charge in [-0.1, -0.05) is 30.3 Å². The van der Waals surface area contributed by atoms with Crippen LogP contribution in [-0.4, -0.2) is 47.0 Å². The zero-order valence-corrected chi connectivity index (χ0v) is 13.0. The Hall–Kier alpha value is -2.47. The molecule has 0 aliphatic carbocycles. The maximum atomic E-state index is 12.2. The van der Waals surface area contributed by atoms with Crippen molar-refractivity contribution in [1.29, 1.82) is 0 Å². The van der Waals surface area contributed by atoms with Gasteiger partial charge in [-0.15, -0.1) is 0 Å². The number of hydrogen-bond acceptors (Lipinski definition) is 5. The number of carbonyl (C=O) groups is 1. The van der Waals surface area contributed by atoms with Crippen LogP contribution in [0.5, 0.6) is 0 Å². The van der Waals surface area contributed by atoms with Gasteiger partial charge >= 0.3 is 0 Å². The number of aliphatic hydroxyl groups excluding tert-OH is 1. The molecule has 1 heterocycles. The van der Waals surface area contributed by atoms with Crippen molar-refractivity contribution in [3.63, 3.8) is 0 Å². The summed E-state index contributed by atoms with van der Waals surface area (Å²) in [4.78, 5) is 23.9. The minimum absolute atomic E-state index is 0.344. The van der Waals surface area contributed by atoms with Crippen molar-refractivity contribution < 1.29 is 9.90 Å². The molecule has 0 bridgehead atoms. The summed E-state index contributed by atoms with van der Waals surface area (Å²) in [6.45, 7) is 0.344. The van der Waals surface area contributed by atoms with Gasteiger partial charge in [0, 0.05) is 45.6 Å². The lowest BCUT2D eigenvalue weighted by molar-refractivity contribution is -0.139. The summed E-state index contributed by atoms with van der Waals surface area (Å²) >= 11 is 0. The van der Waals surface area contributed by atoms with Crippen LogP contribution < -0.4 is 4.90 Å². The normalized spacial score (nSPS) is 11.8. The number of likely N-dealkylation sites (N-methyl/N-ethyl adjacent to an activating group) is 1. The quantitative estimate of drug-likeness (QED) is 0.899. The molecule has 116 valence electrons. The molecule has 0 radical (unpaired) electrons. The first-order chi connectivity index (χ1) is 10.5. The van der Waals surface area contributed by atoms with E-state index in [2.05, 4.69) is 9.97 Å². The van der Waals surface area contributed by atoms with E-state index in [0.717, 1.165) is 5.56 Å². The SMILES string of the molecule is CN(Cc1cnc(N(C)C)nc1)C(=O)C(O)c1ccccc1. The maximum Gasteiger partial charge on any atom is 0.256 e. The van der Waals surface area contributed by atoms with Crippen LogP contribution in [0.2, 0.25) is 0 Å². The number of aliphatic hydroxyl groups is 1. The van der Waals surface area contributed by atoms with Crippen LogP contribution in [0.4, 0.5) is 5.95 Å². The second-order valence-corrected chi connectivity index (χ2v) is 5.29. The largest absolute Gasteiger partial charge is 0.378 e. The molecule has 0 aliphatic rings. The van der Waals surface area contributed by atoms with Gasteiger partial charge in [-0.25, -0.2) is 9.97 Å². The Morgan fingerprint density at radius 1 is 1.14 bits per heavy atom. The first-order valence-corrected chi connectivity index (χ1v) is 6.95. The number of hydrogen-bond donors (Lipinski definition) is 1. The van der Waals surface area contributed by atoms with E-state index in [4.69, 9.17) is 0 Å². The van der Waals surface area contributed by atoms with Crippen molar-refractivity contribution in [1.82, 2.24) is 14.9 Å². The van der Waals surface area contributed by atoms with Crippen LogP contribution >= 0.6 is 0 Å². The van der Waals surface area contributed by atoms with Crippen molar-refractivity contribution >= 4 is 11.9 Å². The van der Waals surface area contributed by atoms with E-state index in [1.807, 2.05) is 20.2 Å². The smallest absolute Gasteiger partial charge is 0.256 e. The molecule has 1 aromatic heterocycles. The summed E-state index contributed by atoms with van der Waals surface area (Å²) in [6.07, 6.45) is 2.20. The number of aromatic nitrogens is 2. The van der Waals surface area contributed by atoms with E-state index in [1.165, 1.54) is 4.90 Å². The lowest BCUT2D eigenvalue weighted by atomic mass is 10.1. The Kier molecular flexibility index (Phi) is 5.06. The van der Waals surface area contributed by atoms with Gasteiger partial charge in [0.05, 0.1) is 0 Å². The van der Waals surface area contributed by atoms with E-state index >= 15 is 0 Å². The zero-order chi connectivity index (χ0) is 16.1. The van der Waals surface area contributed by atoms with Gasteiger partial charge in [0.15, 0.2) is 6.10 Å². The molecular weight excluding hydrogens is 280 g/mol. The number of rotatable bonds is 5. The molecule has 0 fully saturated rings. The summed E-state index contributed by atoms with van der Waals surface area (Å²) in [5.41, 5.74) is 1.39. The fourth-order valence-electron chi connectivity index (χ4n) is 2.00. The third kappa shape index (κ3) is 3.79. The summed E-state index contributed by atoms with van der Waals surface area (Å²) < 4.78 is 0. The Morgan fingerprint density at radius 2 is 1.73 bits per heavy atom. The van der Waals surface area contributed by atoms with Crippen LogP contribution in [0.1, 0.15) is 17.2 Å². The molecule has 6 heteroatoms. The summed E-state index contributed by atoms with van der Waals surface area (Å²) in [6, 6.07) is 8.88.